The molecule has 6 nitrogen and oxygen atoms in total. The second-order valence-corrected chi connectivity index (χ2v) is 9.84. The zero-order valence-electron chi connectivity index (χ0n) is 20.1. The number of likely N-dealkylation sites (tertiary alicyclic amines) is 1. The Morgan fingerprint density at radius 1 is 1.11 bits per heavy atom. The first-order valence-electron chi connectivity index (χ1n) is 12.4. The summed E-state index contributed by atoms with van der Waals surface area (Å²) < 4.78 is 13.8. The monoisotopic (exact) mass is 477 g/mol. The average molecular weight is 478 g/mol. The number of nitrogens with zero attached hydrogens (tertiary/aromatic N) is 3. The zero-order chi connectivity index (χ0) is 24.9. The van der Waals surface area contributed by atoms with Gasteiger partial charge in [0, 0.05) is 32.1 Å². The van der Waals surface area contributed by atoms with Gasteiger partial charge in [0.1, 0.15) is 5.82 Å². The smallest absolute Gasteiger partial charge is 0.300 e. The lowest BCUT2D eigenvalue weighted by Crippen LogP contribution is -2.64. The molecular weight excluding hydrogens is 445 g/mol. The molecule has 0 unspecified atom stereocenters. The molecule has 7 heteroatoms. The van der Waals surface area contributed by atoms with Gasteiger partial charge in [0.05, 0.1) is 17.2 Å². The highest BCUT2D eigenvalue weighted by atomic mass is 19.1. The van der Waals surface area contributed by atoms with Crippen molar-refractivity contribution in [3.8, 4) is 6.07 Å². The molecule has 3 aliphatic rings. The Morgan fingerprint density at radius 2 is 1.86 bits per heavy atom. The van der Waals surface area contributed by atoms with Gasteiger partial charge in [0.25, 0.3) is 11.9 Å². The third kappa shape index (κ3) is 5.71. The van der Waals surface area contributed by atoms with E-state index in [9.17, 15) is 14.4 Å². The number of halogens is 1. The molecule has 184 valence electrons. The molecule has 1 amide bonds. The van der Waals surface area contributed by atoms with Crippen LogP contribution in [-0.4, -0.2) is 58.5 Å². The Kier molecular flexibility index (Phi) is 7.82. The Hall–Kier alpha value is -3.24. The van der Waals surface area contributed by atoms with Crippen LogP contribution < -0.4 is 0 Å². The second-order valence-electron chi connectivity index (χ2n) is 9.84. The van der Waals surface area contributed by atoms with E-state index in [0.717, 1.165) is 38.4 Å². The summed E-state index contributed by atoms with van der Waals surface area (Å²) in [6, 6.07) is 17.1. The maximum Gasteiger partial charge on any atom is 0.300 e. The number of carbonyl (C=O) groups excluding carboxylic acids is 1. The highest BCUT2D eigenvalue weighted by Gasteiger charge is 2.47. The summed E-state index contributed by atoms with van der Waals surface area (Å²) in [5.74, 6) is -0.203. The molecule has 2 aromatic carbocycles. The van der Waals surface area contributed by atoms with Crippen molar-refractivity contribution in [3.63, 3.8) is 0 Å². The molecule has 3 heterocycles. The van der Waals surface area contributed by atoms with Gasteiger partial charge < -0.3 is 10.0 Å². The Morgan fingerprint density at radius 3 is 2.60 bits per heavy atom. The molecule has 3 saturated heterocycles. The SMILES string of the molecule is CC(=O)O.N#Cc1ccccc1C(=O)N1C[C@H]2C[C@@H](C1)[C@H](Cc1cccc(F)c1)N1CCCC[C@@H]21. The van der Waals surface area contributed by atoms with E-state index < -0.39 is 5.97 Å². The van der Waals surface area contributed by atoms with Crippen LogP contribution in [0.25, 0.3) is 0 Å². The van der Waals surface area contributed by atoms with E-state index in [-0.39, 0.29) is 11.7 Å². The maximum absolute atomic E-state index is 13.8. The zero-order valence-corrected chi connectivity index (χ0v) is 20.1. The minimum Gasteiger partial charge on any atom is -0.481 e. The highest BCUT2D eigenvalue weighted by molar-refractivity contribution is 5.96. The molecule has 0 aromatic heterocycles. The summed E-state index contributed by atoms with van der Waals surface area (Å²) in [6.07, 6.45) is 5.58. The quantitative estimate of drug-likeness (QED) is 0.711. The third-order valence-corrected chi connectivity index (χ3v) is 7.52. The molecule has 3 aliphatic heterocycles. The minimum atomic E-state index is -0.833. The molecular formula is C28H32FN3O3. The van der Waals surface area contributed by atoms with Crippen LogP contribution in [0.2, 0.25) is 0 Å². The van der Waals surface area contributed by atoms with Crippen LogP contribution in [0, 0.1) is 29.0 Å². The van der Waals surface area contributed by atoms with Crippen molar-refractivity contribution in [3.05, 3.63) is 71.0 Å². The minimum absolute atomic E-state index is 0.0272. The van der Waals surface area contributed by atoms with Crippen LogP contribution in [0.3, 0.4) is 0 Å². The molecule has 0 spiro atoms. The van der Waals surface area contributed by atoms with Gasteiger partial charge in [0.15, 0.2) is 0 Å². The molecule has 5 rings (SSSR count). The van der Waals surface area contributed by atoms with E-state index in [1.54, 1.807) is 30.3 Å². The number of carbonyl (C=O) groups is 2. The highest BCUT2D eigenvalue weighted by Crippen LogP contribution is 2.42. The van der Waals surface area contributed by atoms with Crippen molar-refractivity contribution in [2.45, 2.75) is 51.1 Å². The van der Waals surface area contributed by atoms with Crippen molar-refractivity contribution in [1.82, 2.24) is 9.80 Å². The van der Waals surface area contributed by atoms with Gasteiger partial charge in [-0.3, -0.25) is 14.5 Å². The van der Waals surface area contributed by atoms with Crippen LogP contribution in [0.15, 0.2) is 48.5 Å². The number of carboxylic acid groups (broad SMARTS) is 1. The van der Waals surface area contributed by atoms with Crippen LogP contribution in [0.4, 0.5) is 4.39 Å². The number of benzene rings is 2. The Bertz CT molecular complexity index is 1110. The third-order valence-electron chi connectivity index (χ3n) is 7.52. The van der Waals surface area contributed by atoms with Crippen molar-refractivity contribution in [2.24, 2.45) is 11.8 Å². The number of amides is 1. The first kappa shape index (κ1) is 24.9. The number of fused-ring (bicyclic) bond motifs is 4. The van der Waals surface area contributed by atoms with Crippen LogP contribution in [0.1, 0.15) is 54.1 Å². The summed E-state index contributed by atoms with van der Waals surface area (Å²) in [7, 11) is 0. The topological polar surface area (TPSA) is 84.6 Å². The lowest BCUT2D eigenvalue weighted by molar-refractivity contribution is -0.134. The molecule has 0 aliphatic carbocycles. The number of piperidine rings is 3. The molecule has 2 bridgehead atoms. The summed E-state index contributed by atoms with van der Waals surface area (Å²) in [4.78, 5) is 27.1. The predicted molar refractivity (Wildman–Crippen MR) is 130 cm³/mol. The number of aliphatic carboxylic acids is 1. The number of nitriles is 1. The molecule has 0 saturated carbocycles. The normalized spacial score (nSPS) is 25.5. The van der Waals surface area contributed by atoms with E-state index in [1.165, 1.54) is 25.3 Å². The summed E-state index contributed by atoms with van der Waals surface area (Å²) >= 11 is 0. The van der Waals surface area contributed by atoms with Gasteiger partial charge in [-0.05, 0) is 73.9 Å². The Balaban J connectivity index is 0.000000672. The second kappa shape index (κ2) is 11.0. The fourth-order valence-corrected chi connectivity index (χ4v) is 6.20. The summed E-state index contributed by atoms with van der Waals surface area (Å²) in [6.45, 7) is 3.66. The maximum atomic E-state index is 13.8. The van der Waals surface area contributed by atoms with Gasteiger partial charge in [-0.25, -0.2) is 4.39 Å². The van der Waals surface area contributed by atoms with E-state index in [1.807, 2.05) is 17.0 Å². The van der Waals surface area contributed by atoms with E-state index >= 15 is 0 Å². The average Bonchev–Trinajstić information content (AvgIpc) is 2.86. The van der Waals surface area contributed by atoms with Crippen molar-refractivity contribution in [2.75, 3.05) is 19.6 Å². The molecule has 2 aromatic rings. The van der Waals surface area contributed by atoms with Crippen molar-refractivity contribution < 1.29 is 19.1 Å². The van der Waals surface area contributed by atoms with Crippen LogP contribution in [-0.2, 0) is 11.2 Å². The van der Waals surface area contributed by atoms with Gasteiger partial charge >= 0.3 is 0 Å². The van der Waals surface area contributed by atoms with Crippen LogP contribution >= 0.6 is 0 Å². The largest absolute Gasteiger partial charge is 0.481 e. The molecule has 0 radical (unpaired) electrons. The van der Waals surface area contributed by atoms with Crippen molar-refractivity contribution >= 4 is 11.9 Å². The summed E-state index contributed by atoms with van der Waals surface area (Å²) in [5, 5.41) is 16.9. The lowest BCUT2D eigenvalue weighted by atomic mass is 9.71. The van der Waals surface area contributed by atoms with Gasteiger partial charge in [0.2, 0.25) is 0 Å². The van der Waals surface area contributed by atoms with Crippen LogP contribution in [0.5, 0.6) is 0 Å². The number of hydrogen-bond donors (Lipinski definition) is 1. The van der Waals surface area contributed by atoms with Gasteiger partial charge in [-0.15, -0.1) is 0 Å². The fraction of sp³-hybridized carbons (Fsp3) is 0.464. The standard InChI is InChI=1S/C26H28FN3O.C2H4O2/c27-22-8-5-6-18(12-22)13-25-21-14-20(24-10-3-4-11-30(24)25)16-29(17-21)26(31)23-9-2-1-7-19(23)15-28;1-2(3)4/h1-2,5-9,12,20-21,24-25H,3-4,10-11,13-14,16-17H2;1H3,(H,3,4)/t20-,21+,24+,25+;/m1./s1. The first-order valence-corrected chi connectivity index (χ1v) is 12.4. The Labute approximate surface area is 206 Å². The molecule has 3 fully saturated rings. The van der Waals surface area contributed by atoms with Crippen molar-refractivity contribution in [1.29, 1.82) is 5.26 Å². The molecule has 4 atom stereocenters. The van der Waals surface area contributed by atoms with Gasteiger partial charge in [-0.2, -0.15) is 5.26 Å². The molecule has 1 N–H and O–H groups in total. The first-order chi connectivity index (χ1) is 16.9. The summed E-state index contributed by atoms with van der Waals surface area (Å²) in [5.41, 5.74) is 1.98. The number of carboxylic acids is 1. The lowest BCUT2D eigenvalue weighted by Gasteiger charge is -2.57. The van der Waals surface area contributed by atoms with E-state index in [0.29, 0.717) is 41.6 Å². The fourth-order valence-electron chi connectivity index (χ4n) is 6.20. The van der Waals surface area contributed by atoms with E-state index in [4.69, 9.17) is 9.90 Å². The number of rotatable bonds is 3. The van der Waals surface area contributed by atoms with Gasteiger partial charge in [-0.1, -0.05) is 30.7 Å². The predicted octanol–water partition coefficient (Wildman–Crippen LogP) is 4.35. The van der Waals surface area contributed by atoms with E-state index in [2.05, 4.69) is 11.0 Å². The molecule has 35 heavy (non-hydrogen) atoms. The number of hydrogen-bond acceptors (Lipinski definition) is 4.